The summed E-state index contributed by atoms with van der Waals surface area (Å²) in [7, 11) is 0. The Labute approximate surface area is 139 Å². The molecule has 3 fully saturated rings. The molecular weight excluding hydrogens is 316 g/mol. The molecule has 0 aromatic heterocycles. The van der Waals surface area contributed by atoms with Crippen LogP contribution in [0.15, 0.2) is 11.3 Å². The van der Waals surface area contributed by atoms with Crippen LogP contribution in [-0.2, 0) is 19.1 Å². The summed E-state index contributed by atoms with van der Waals surface area (Å²) in [5.41, 5.74) is 0.597. The van der Waals surface area contributed by atoms with Crippen molar-refractivity contribution >= 4 is 18.0 Å². The molecule has 0 radical (unpaired) electrons. The zero-order chi connectivity index (χ0) is 17.1. The Morgan fingerprint density at radius 2 is 1.92 bits per heavy atom. The van der Waals surface area contributed by atoms with Gasteiger partial charge in [0.1, 0.15) is 6.61 Å². The Hall–Kier alpha value is -2.09. The number of hydrogen-bond donors (Lipinski definition) is 1. The van der Waals surface area contributed by atoms with Gasteiger partial charge in [-0.25, -0.2) is 9.59 Å². The second-order valence-electron chi connectivity index (χ2n) is 7.08. The average molecular weight is 336 g/mol. The maximum atomic E-state index is 13.1. The van der Waals surface area contributed by atoms with Crippen molar-refractivity contribution in [2.45, 2.75) is 38.3 Å². The molecule has 3 saturated heterocycles. The Kier molecular flexibility index (Phi) is 3.35. The van der Waals surface area contributed by atoms with E-state index in [1.165, 1.54) is 4.90 Å². The number of rotatable bonds is 1. The summed E-state index contributed by atoms with van der Waals surface area (Å²) in [5, 5.41) is 9.44. The number of esters is 1. The number of hydrogen-bond acceptors (Lipinski definition) is 5. The molecule has 1 spiro atoms. The van der Waals surface area contributed by atoms with E-state index in [0.717, 1.165) is 0 Å². The van der Waals surface area contributed by atoms with E-state index in [0.29, 0.717) is 50.3 Å². The van der Waals surface area contributed by atoms with Crippen LogP contribution in [0.4, 0.5) is 4.79 Å². The third kappa shape index (κ3) is 2.05. The number of likely N-dealkylation sites (tertiary alicyclic amines) is 1. The van der Waals surface area contributed by atoms with Crippen LogP contribution in [0.3, 0.4) is 0 Å². The van der Waals surface area contributed by atoms with Gasteiger partial charge in [-0.3, -0.25) is 9.69 Å². The fourth-order valence-corrected chi connectivity index (χ4v) is 4.62. The number of carbonyl (C=O) groups is 3. The predicted octanol–water partition coefficient (Wildman–Crippen LogP) is 0.577. The van der Waals surface area contributed by atoms with Gasteiger partial charge in [-0.1, -0.05) is 0 Å². The first kappa shape index (κ1) is 15.4. The first-order valence-corrected chi connectivity index (χ1v) is 8.21. The van der Waals surface area contributed by atoms with Crippen LogP contribution in [0.25, 0.3) is 0 Å². The van der Waals surface area contributed by atoms with Crippen LogP contribution >= 0.6 is 0 Å². The molecule has 4 heterocycles. The summed E-state index contributed by atoms with van der Waals surface area (Å²) in [6.07, 6.45) is 0.689. The lowest BCUT2D eigenvalue weighted by molar-refractivity contribution is -0.146. The van der Waals surface area contributed by atoms with E-state index in [9.17, 15) is 19.5 Å². The number of ether oxygens (including phenoxy) is 2. The molecule has 0 aromatic carbocycles. The molecule has 4 aliphatic rings. The van der Waals surface area contributed by atoms with E-state index in [-0.39, 0.29) is 30.6 Å². The van der Waals surface area contributed by atoms with Gasteiger partial charge in [0.2, 0.25) is 5.91 Å². The van der Waals surface area contributed by atoms with Gasteiger partial charge >= 0.3 is 12.1 Å². The standard InChI is InChI=1S/C16H20N2O6/c1-9-12(8-24-13(9)19)17-3-2-16(14(17)20)4-10-6-23-7-11(5-16)18(10)15(21)22/h10-11H,2-8H2,1H3,(H,21,22). The first-order valence-electron chi connectivity index (χ1n) is 8.21. The molecule has 8 heteroatoms. The van der Waals surface area contributed by atoms with Gasteiger partial charge in [-0.2, -0.15) is 0 Å². The van der Waals surface area contributed by atoms with Crippen molar-refractivity contribution in [3.63, 3.8) is 0 Å². The van der Waals surface area contributed by atoms with Crippen molar-refractivity contribution in [3.05, 3.63) is 11.3 Å². The minimum atomic E-state index is -0.946. The topological polar surface area (TPSA) is 96.4 Å². The Balaban J connectivity index is 1.61. The van der Waals surface area contributed by atoms with Crippen molar-refractivity contribution in [1.29, 1.82) is 0 Å². The number of amides is 2. The lowest BCUT2D eigenvalue weighted by Gasteiger charge is -2.50. The van der Waals surface area contributed by atoms with Crippen molar-refractivity contribution in [2.24, 2.45) is 5.41 Å². The number of piperidine rings is 1. The fraction of sp³-hybridized carbons (Fsp3) is 0.688. The first-order chi connectivity index (χ1) is 11.4. The Morgan fingerprint density at radius 1 is 1.25 bits per heavy atom. The predicted molar refractivity (Wildman–Crippen MR) is 79.9 cm³/mol. The van der Waals surface area contributed by atoms with Crippen molar-refractivity contribution in [3.8, 4) is 0 Å². The van der Waals surface area contributed by atoms with Crippen LogP contribution in [0, 0.1) is 5.41 Å². The molecule has 24 heavy (non-hydrogen) atoms. The summed E-state index contributed by atoms with van der Waals surface area (Å²) in [5.74, 6) is -0.373. The van der Waals surface area contributed by atoms with Gasteiger partial charge in [0.15, 0.2) is 0 Å². The summed E-state index contributed by atoms with van der Waals surface area (Å²) in [6, 6.07) is -0.564. The van der Waals surface area contributed by atoms with Gasteiger partial charge in [0.05, 0.1) is 42.0 Å². The van der Waals surface area contributed by atoms with Crippen LogP contribution in [0.1, 0.15) is 26.2 Å². The average Bonchev–Trinajstić information content (AvgIpc) is 3.00. The highest BCUT2D eigenvalue weighted by molar-refractivity contribution is 5.94. The van der Waals surface area contributed by atoms with E-state index < -0.39 is 11.5 Å². The minimum Gasteiger partial charge on any atom is -0.465 e. The molecule has 0 aromatic rings. The molecular formula is C16H20N2O6. The zero-order valence-corrected chi connectivity index (χ0v) is 13.5. The number of cyclic esters (lactones) is 1. The minimum absolute atomic E-state index is 0.00270. The van der Waals surface area contributed by atoms with Crippen molar-refractivity contribution in [1.82, 2.24) is 9.80 Å². The fourth-order valence-electron chi connectivity index (χ4n) is 4.62. The highest BCUT2D eigenvalue weighted by atomic mass is 16.5. The third-order valence-electron chi connectivity index (χ3n) is 5.80. The SMILES string of the molecule is CC1=C(N2CCC3(CC4COCC(C3)N4C(=O)O)C2=O)COC1=O. The van der Waals surface area contributed by atoms with Crippen LogP contribution in [-0.4, -0.2) is 71.3 Å². The Bertz CT molecular complexity index is 643. The quantitative estimate of drug-likeness (QED) is 0.704. The van der Waals surface area contributed by atoms with E-state index in [1.807, 2.05) is 0 Å². The number of nitrogens with zero attached hydrogens (tertiary/aromatic N) is 2. The van der Waals surface area contributed by atoms with Crippen LogP contribution in [0.2, 0.25) is 0 Å². The van der Waals surface area contributed by atoms with Crippen LogP contribution in [0.5, 0.6) is 0 Å². The molecule has 4 aliphatic heterocycles. The van der Waals surface area contributed by atoms with E-state index in [4.69, 9.17) is 9.47 Å². The summed E-state index contributed by atoms with van der Waals surface area (Å²) >= 11 is 0. The maximum absolute atomic E-state index is 13.1. The lowest BCUT2D eigenvalue weighted by atomic mass is 9.70. The number of fused-ring (bicyclic) bond motifs is 2. The van der Waals surface area contributed by atoms with Crippen molar-refractivity contribution in [2.75, 3.05) is 26.4 Å². The van der Waals surface area contributed by atoms with Gasteiger partial charge in [0.25, 0.3) is 0 Å². The molecule has 8 nitrogen and oxygen atoms in total. The normalized spacial score (nSPS) is 35.9. The smallest absolute Gasteiger partial charge is 0.407 e. The monoisotopic (exact) mass is 336 g/mol. The second kappa shape index (κ2) is 5.20. The van der Waals surface area contributed by atoms with E-state index >= 15 is 0 Å². The Morgan fingerprint density at radius 3 is 2.46 bits per heavy atom. The van der Waals surface area contributed by atoms with Crippen LogP contribution < -0.4 is 0 Å². The summed E-state index contributed by atoms with van der Waals surface area (Å²) in [4.78, 5) is 39.4. The molecule has 1 N–H and O–H groups in total. The molecule has 4 rings (SSSR count). The van der Waals surface area contributed by atoms with Gasteiger partial charge in [-0.05, 0) is 26.2 Å². The number of carboxylic acid groups (broad SMARTS) is 1. The maximum Gasteiger partial charge on any atom is 0.407 e. The second-order valence-corrected chi connectivity index (χ2v) is 7.08. The molecule has 2 amide bonds. The third-order valence-corrected chi connectivity index (χ3v) is 5.80. The highest BCUT2D eigenvalue weighted by Gasteiger charge is 2.57. The lowest BCUT2D eigenvalue weighted by Crippen LogP contribution is -2.62. The summed E-state index contributed by atoms with van der Waals surface area (Å²) < 4.78 is 10.5. The molecule has 2 unspecified atom stereocenters. The van der Waals surface area contributed by atoms with Gasteiger partial charge in [-0.15, -0.1) is 0 Å². The molecule has 0 saturated carbocycles. The van der Waals surface area contributed by atoms with E-state index in [1.54, 1.807) is 11.8 Å². The summed E-state index contributed by atoms with van der Waals surface area (Å²) in [6.45, 7) is 3.04. The zero-order valence-electron chi connectivity index (χ0n) is 13.5. The van der Waals surface area contributed by atoms with Gasteiger partial charge in [0, 0.05) is 6.54 Å². The highest BCUT2D eigenvalue weighted by Crippen LogP contribution is 2.48. The number of morpholine rings is 1. The molecule has 2 atom stereocenters. The number of carbonyl (C=O) groups excluding carboxylic acids is 2. The molecule has 2 bridgehead atoms. The van der Waals surface area contributed by atoms with Crippen molar-refractivity contribution < 1.29 is 29.0 Å². The van der Waals surface area contributed by atoms with Gasteiger partial charge < -0.3 is 19.5 Å². The van der Waals surface area contributed by atoms with E-state index in [2.05, 4.69) is 0 Å². The largest absolute Gasteiger partial charge is 0.465 e. The molecule has 0 aliphatic carbocycles. The molecule has 130 valence electrons.